The Hall–Kier alpha value is -4.51. The number of hydrogen-bond acceptors (Lipinski definition) is 7. The lowest BCUT2D eigenvalue weighted by atomic mass is 10.1. The molecular weight excluding hydrogens is 390 g/mol. The highest BCUT2D eigenvalue weighted by molar-refractivity contribution is 6.05. The van der Waals surface area contributed by atoms with Gasteiger partial charge in [-0.2, -0.15) is 15.5 Å². The molecule has 0 fully saturated rings. The number of aromatic nitrogens is 4. The van der Waals surface area contributed by atoms with Gasteiger partial charge in [-0.1, -0.05) is 42.5 Å². The number of hydrogen-bond donors (Lipinski definition) is 1. The van der Waals surface area contributed by atoms with Crippen molar-refractivity contribution in [2.45, 2.75) is 13.0 Å². The van der Waals surface area contributed by atoms with Crippen molar-refractivity contribution in [3.63, 3.8) is 0 Å². The Labute approximate surface area is 177 Å². The summed E-state index contributed by atoms with van der Waals surface area (Å²) in [5, 5.41) is 18.8. The Bertz CT molecular complexity index is 1430. The fraction of sp³-hybridized carbons (Fsp3) is 0.0870. The van der Waals surface area contributed by atoms with Crippen LogP contribution in [0.5, 0.6) is 0 Å². The van der Waals surface area contributed by atoms with Crippen molar-refractivity contribution in [3.8, 4) is 17.3 Å². The van der Waals surface area contributed by atoms with Crippen molar-refractivity contribution in [1.29, 1.82) is 5.26 Å². The van der Waals surface area contributed by atoms with Gasteiger partial charge in [-0.05, 0) is 12.1 Å². The van der Waals surface area contributed by atoms with E-state index in [1.165, 1.54) is 6.33 Å². The number of furan rings is 1. The van der Waals surface area contributed by atoms with Gasteiger partial charge < -0.3 is 4.42 Å². The molecule has 3 heterocycles. The van der Waals surface area contributed by atoms with E-state index in [2.05, 4.69) is 31.7 Å². The van der Waals surface area contributed by atoms with Crippen LogP contribution in [-0.4, -0.2) is 26.0 Å². The summed E-state index contributed by atoms with van der Waals surface area (Å²) in [6, 6.07) is 19.7. The second kappa shape index (κ2) is 8.08. The van der Waals surface area contributed by atoms with Crippen LogP contribution in [0.25, 0.3) is 33.3 Å². The highest BCUT2D eigenvalue weighted by atomic mass is 16.3. The van der Waals surface area contributed by atoms with Gasteiger partial charge in [-0.25, -0.2) is 9.97 Å². The number of rotatable bonds is 6. The molecule has 31 heavy (non-hydrogen) atoms. The second-order valence-electron chi connectivity index (χ2n) is 6.84. The summed E-state index contributed by atoms with van der Waals surface area (Å²) < 4.78 is 7.68. The Kier molecular flexibility index (Phi) is 4.83. The molecule has 0 saturated heterocycles. The highest BCUT2D eigenvalue weighted by Gasteiger charge is 2.13. The number of para-hydroxylation sites is 1. The van der Waals surface area contributed by atoms with Crippen LogP contribution in [0.15, 0.2) is 76.6 Å². The predicted octanol–water partition coefficient (Wildman–Crippen LogP) is 4.60. The Morgan fingerprint density at radius 3 is 2.81 bits per heavy atom. The van der Waals surface area contributed by atoms with E-state index in [0.29, 0.717) is 24.4 Å². The molecule has 0 atom stereocenters. The lowest BCUT2D eigenvalue weighted by Crippen LogP contribution is -1.97. The second-order valence-corrected chi connectivity index (χ2v) is 6.84. The van der Waals surface area contributed by atoms with Crippen LogP contribution in [0.1, 0.15) is 12.0 Å². The van der Waals surface area contributed by atoms with Crippen molar-refractivity contribution in [3.05, 3.63) is 72.7 Å². The molecule has 8 heteroatoms. The number of hydrazone groups is 1. The molecule has 0 unspecified atom stereocenters. The van der Waals surface area contributed by atoms with Crippen LogP contribution < -0.4 is 5.43 Å². The molecule has 0 amide bonds. The van der Waals surface area contributed by atoms with Crippen LogP contribution in [0.4, 0.5) is 5.82 Å². The molecule has 0 aliphatic heterocycles. The van der Waals surface area contributed by atoms with E-state index in [1.807, 2.05) is 60.8 Å². The molecular formula is C23H17N7O. The lowest BCUT2D eigenvalue weighted by molar-refractivity contribution is 0.629. The summed E-state index contributed by atoms with van der Waals surface area (Å²) >= 11 is 0. The zero-order chi connectivity index (χ0) is 21.0. The van der Waals surface area contributed by atoms with E-state index in [4.69, 9.17) is 9.68 Å². The zero-order valence-electron chi connectivity index (χ0n) is 16.4. The van der Waals surface area contributed by atoms with Gasteiger partial charge in [-0.15, -0.1) is 0 Å². The van der Waals surface area contributed by atoms with E-state index in [-0.39, 0.29) is 0 Å². The minimum absolute atomic E-state index is 0.385. The molecule has 0 bridgehead atoms. The number of fused-ring (bicyclic) bond motifs is 3. The van der Waals surface area contributed by atoms with Gasteiger partial charge in [0, 0.05) is 22.7 Å². The maximum atomic E-state index is 8.88. The fourth-order valence-corrected chi connectivity index (χ4v) is 3.40. The highest BCUT2D eigenvalue weighted by Crippen LogP contribution is 2.30. The monoisotopic (exact) mass is 407 g/mol. The average Bonchev–Trinajstić information content (AvgIpc) is 3.40. The standard InChI is InChI=1S/C23H17N7O/c24-11-6-12-30-14-17(20(29-30)16-7-2-1-3-8-16)13-27-28-23-22-21(25-15-26-23)18-9-4-5-10-19(18)31-22/h1-5,7-10,13-15H,6,12H2,(H,25,26,28)/b27-13-. The predicted molar refractivity (Wildman–Crippen MR) is 118 cm³/mol. The number of benzene rings is 2. The molecule has 5 aromatic rings. The van der Waals surface area contributed by atoms with Gasteiger partial charge in [0.2, 0.25) is 0 Å². The van der Waals surface area contributed by atoms with Crippen LogP contribution in [0.2, 0.25) is 0 Å². The summed E-state index contributed by atoms with van der Waals surface area (Å²) in [6.07, 6.45) is 5.43. The third kappa shape index (κ3) is 3.60. The number of nitriles is 1. The van der Waals surface area contributed by atoms with Gasteiger partial charge in [0.1, 0.15) is 23.1 Å². The number of nitrogens with zero attached hydrogens (tertiary/aromatic N) is 6. The minimum atomic E-state index is 0.385. The summed E-state index contributed by atoms with van der Waals surface area (Å²) in [7, 11) is 0. The van der Waals surface area contributed by atoms with Gasteiger partial charge >= 0.3 is 0 Å². The van der Waals surface area contributed by atoms with Gasteiger partial charge in [0.25, 0.3) is 0 Å². The maximum absolute atomic E-state index is 8.88. The summed E-state index contributed by atoms with van der Waals surface area (Å²) in [5.41, 5.74) is 7.58. The Morgan fingerprint density at radius 2 is 1.94 bits per heavy atom. The van der Waals surface area contributed by atoms with Crippen LogP contribution in [0, 0.1) is 11.3 Å². The summed E-state index contributed by atoms with van der Waals surface area (Å²) in [4.78, 5) is 8.62. The molecule has 1 N–H and O–H groups in total. The first kappa shape index (κ1) is 18.5. The topological polar surface area (TPSA) is 105 Å². The van der Waals surface area contributed by atoms with Crippen molar-refractivity contribution in [2.75, 3.05) is 5.43 Å². The van der Waals surface area contributed by atoms with E-state index < -0.39 is 0 Å². The van der Waals surface area contributed by atoms with Crippen molar-refractivity contribution in [2.24, 2.45) is 5.10 Å². The van der Waals surface area contributed by atoms with Gasteiger partial charge in [0.15, 0.2) is 11.4 Å². The normalized spacial score (nSPS) is 11.3. The molecule has 0 aliphatic carbocycles. The molecule has 150 valence electrons. The number of anilines is 1. The first-order chi connectivity index (χ1) is 15.3. The first-order valence-electron chi connectivity index (χ1n) is 9.74. The maximum Gasteiger partial charge on any atom is 0.197 e. The number of aryl methyl sites for hydroxylation is 1. The molecule has 0 spiro atoms. The van der Waals surface area contributed by atoms with Crippen molar-refractivity contribution >= 4 is 34.1 Å². The van der Waals surface area contributed by atoms with Gasteiger partial charge in [-0.3, -0.25) is 10.1 Å². The van der Waals surface area contributed by atoms with Crippen molar-refractivity contribution in [1.82, 2.24) is 19.7 Å². The lowest BCUT2D eigenvalue weighted by Gasteiger charge is -2.00. The largest absolute Gasteiger partial charge is 0.450 e. The molecule has 0 aliphatic rings. The van der Waals surface area contributed by atoms with E-state index in [0.717, 1.165) is 33.3 Å². The summed E-state index contributed by atoms with van der Waals surface area (Å²) in [6.45, 7) is 0.517. The fourth-order valence-electron chi connectivity index (χ4n) is 3.40. The summed E-state index contributed by atoms with van der Waals surface area (Å²) in [5.74, 6) is 0.482. The Balaban J connectivity index is 1.47. The van der Waals surface area contributed by atoms with Crippen LogP contribution in [0.3, 0.4) is 0 Å². The minimum Gasteiger partial charge on any atom is -0.450 e. The smallest absolute Gasteiger partial charge is 0.197 e. The van der Waals surface area contributed by atoms with Crippen LogP contribution >= 0.6 is 0 Å². The molecule has 0 saturated carbocycles. The molecule has 0 radical (unpaired) electrons. The molecule has 3 aromatic heterocycles. The molecule has 8 nitrogen and oxygen atoms in total. The molecule has 5 rings (SSSR count). The van der Waals surface area contributed by atoms with E-state index >= 15 is 0 Å². The average molecular weight is 407 g/mol. The van der Waals surface area contributed by atoms with Crippen LogP contribution in [-0.2, 0) is 6.54 Å². The SMILES string of the molecule is N#CCCn1cc(/C=N\Nc2ncnc3c2oc2ccccc23)c(-c2ccccc2)n1. The molecule has 2 aromatic carbocycles. The number of nitrogens with one attached hydrogen (secondary N) is 1. The zero-order valence-corrected chi connectivity index (χ0v) is 16.4. The third-order valence-corrected chi connectivity index (χ3v) is 4.82. The first-order valence-corrected chi connectivity index (χ1v) is 9.74. The van der Waals surface area contributed by atoms with Crippen molar-refractivity contribution < 1.29 is 4.42 Å². The Morgan fingerprint density at radius 1 is 1.10 bits per heavy atom. The van der Waals surface area contributed by atoms with Gasteiger partial charge in [0.05, 0.1) is 25.2 Å². The quantitative estimate of drug-likeness (QED) is 0.326. The van der Waals surface area contributed by atoms with E-state index in [9.17, 15) is 0 Å². The third-order valence-electron chi connectivity index (χ3n) is 4.82. The van der Waals surface area contributed by atoms with E-state index in [1.54, 1.807) is 10.9 Å².